The highest BCUT2D eigenvalue weighted by Gasteiger charge is 2.34. The third kappa shape index (κ3) is 4.91. The van der Waals surface area contributed by atoms with Gasteiger partial charge in [0.1, 0.15) is 0 Å². The number of ether oxygens (including phenoxy) is 3. The Kier molecular flexibility index (Phi) is 7.56. The van der Waals surface area contributed by atoms with Crippen LogP contribution in [0.1, 0.15) is 49.7 Å². The van der Waals surface area contributed by atoms with Crippen molar-refractivity contribution in [1.29, 1.82) is 0 Å². The maximum absolute atomic E-state index is 13.7. The highest BCUT2D eigenvalue weighted by atomic mass is 32.1. The van der Waals surface area contributed by atoms with Crippen LogP contribution in [-0.4, -0.2) is 29.7 Å². The van der Waals surface area contributed by atoms with Gasteiger partial charge in [0.2, 0.25) is 0 Å². The Morgan fingerprint density at radius 3 is 2.56 bits per heavy atom. The summed E-state index contributed by atoms with van der Waals surface area (Å²) in [5.41, 5.74) is 2.17. The first kappa shape index (κ1) is 25.6. The number of hydrogen-bond acceptors (Lipinski definition) is 9. The third-order valence-electron chi connectivity index (χ3n) is 5.52. The standard InChI is InChI=1S/C26H26N2O6S2/c1-6-32-19-12-17(8-9-18(19)34-16(5)29)23-22(25(31)33-7-2)15(4)27-26-28(23)24(30)21(36-26)13-20-14(3)10-11-35-20/h8-13,23H,6-7H2,1-5H3. The zero-order valence-corrected chi connectivity index (χ0v) is 22.2. The summed E-state index contributed by atoms with van der Waals surface area (Å²) in [6.45, 7) is 9.08. The van der Waals surface area contributed by atoms with Crippen LogP contribution in [0.3, 0.4) is 0 Å². The van der Waals surface area contributed by atoms with E-state index in [0.717, 1.165) is 10.4 Å². The Bertz CT molecular complexity index is 1540. The van der Waals surface area contributed by atoms with Gasteiger partial charge in [-0.05, 0) is 68.5 Å². The summed E-state index contributed by atoms with van der Waals surface area (Å²) in [7, 11) is 0. The van der Waals surface area contributed by atoms with Crippen LogP contribution in [0.4, 0.5) is 0 Å². The minimum absolute atomic E-state index is 0.181. The fourth-order valence-corrected chi connectivity index (χ4v) is 5.92. The van der Waals surface area contributed by atoms with Crippen LogP contribution >= 0.6 is 22.7 Å². The zero-order valence-electron chi connectivity index (χ0n) is 20.6. The first-order valence-corrected chi connectivity index (χ1v) is 13.1. The number of carbonyl (C=O) groups excluding carboxylic acids is 2. The molecule has 2 aromatic heterocycles. The van der Waals surface area contributed by atoms with Crippen molar-refractivity contribution in [3.63, 3.8) is 0 Å². The first-order valence-electron chi connectivity index (χ1n) is 11.4. The molecule has 1 aliphatic heterocycles. The number of benzene rings is 1. The lowest BCUT2D eigenvalue weighted by atomic mass is 9.95. The molecule has 36 heavy (non-hydrogen) atoms. The molecule has 4 rings (SSSR count). The van der Waals surface area contributed by atoms with E-state index >= 15 is 0 Å². The van der Waals surface area contributed by atoms with E-state index in [1.807, 2.05) is 31.4 Å². The predicted octanol–water partition coefficient (Wildman–Crippen LogP) is 3.49. The van der Waals surface area contributed by atoms with Crippen molar-refractivity contribution in [2.24, 2.45) is 4.99 Å². The number of allylic oxidation sites excluding steroid dienone is 1. The molecule has 1 aromatic carbocycles. The lowest BCUT2D eigenvalue weighted by Gasteiger charge is -2.25. The van der Waals surface area contributed by atoms with E-state index in [0.29, 0.717) is 33.0 Å². The van der Waals surface area contributed by atoms with Crippen molar-refractivity contribution >= 4 is 40.7 Å². The van der Waals surface area contributed by atoms with Gasteiger partial charge in [-0.25, -0.2) is 9.79 Å². The van der Waals surface area contributed by atoms with Crippen molar-refractivity contribution in [2.45, 2.75) is 40.7 Å². The number of hydrogen-bond donors (Lipinski definition) is 0. The van der Waals surface area contributed by atoms with Gasteiger partial charge in [0.05, 0.1) is 35.1 Å². The van der Waals surface area contributed by atoms with Crippen molar-refractivity contribution in [3.8, 4) is 11.5 Å². The molecule has 0 saturated carbocycles. The number of thiophene rings is 1. The lowest BCUT2D eigenvalue weighted by Crippen LogP contribution is -2.40. The summed E-state index contributed by atoms with van der Waals surface area (Å²) in [6, 6.07) is 6.20. The average molecular weight is 527 g/mol. The van der Waals surface area contributed by atoms with Gasteiger partial charge in [0, 0.05) is 11.8 Å². The molecule has 0 amide bonds. The van der Waals surface area contributed by atoms with Crippen LogP contribution in [0.2, 0.25) is 0 Å². The van der Waals surface area contributed by atoms with Gasteiger partial charge in [-0.15, -0.1) is 11.3 Å². The minimum atomic E-state index is -0.794. The second-order valence-corrected chi connectivity index (χ2v) is 9.96. The summed E-state index contributed by atoms with van der Waals surface area (Å²) < 4.78 is 18.4. The van der Waals surface area contributed by atoms with Gasteiger partial charge in [0.15, 0.2) is 16.3 Å². The van der Waals surface area contributed by atoms with Crippen molar-refractivity contribution in [3.05, 3.63) is 76.6 Å². The summed E-state index contributed by atoms with van der Waals surface area (Å²) in [6.07, 6.45) is 1.86. The number of aromatic nitrogens is 1. The van der Waals surface area contributed by atoms with Gasteiger partial charge in [-0.1, -0.05) is 17.4 Å². The molecule has 0 N–H and O–H groups in total. The Morgan fingerprint density at radius 1 is 1.14 bits per heavy atom. The number of carbonyl (C=O) groups is 2. The summed E-state index contributed by atoms with van der Waals surface area (Å²) in [5, 5.41) is 1.98. The van der Waals surface area contributed by atoms with E-state index in [9.17, 15) is 14.4 Å². The molecule has 1 unspecified atom stereocenters. The molecule has 8 nitrogen and oxygen atoms in total. The third-order valence-corrected chi connectivity index (χ3v) is 7.47. The van der Waals surface area contributed by atoms with Gasteiger partial charge in [0.25, 0.3) is 5.56 Å². The smallest absolute Gasteiger partial charge is 0.338 e. The predicted molar refractivity (Wildman–Crippen MR) is 138 cm³/mol. The number of rotatable bonds is 7. The fraction of sp³-hybridized carbons (Fsp3) is 0.308. The summed E-state index contributed by atoms with van der Waals surface area (Å²) >= 11 is 2.82. The highest BCUT2D eigenvalue weighted by molar-refractivity contribution is 7.11. The van der Waals surface area contributed by atoms with Crippen LogP contribution in [-0.2, 0) is 14.3 Å². The minimum Gasteiger partial charge on any atom is -0.490 e. The Morgan fingerprint density at radius 2 is 1.92 bits per heavy atom. The topological polar surface area (TPSA) is 96.2 Å². The van der Waals surface area contributed by atoms with Crippen LogP contribution in [0.5, 0.6) is 11.5 Å². The normalized spacial score (nSPS) is 15.4. The Labute approximate surface area is 215 Å². The first-order chi connectivity index (χ1) is 17.2. The maximum Gasteiger partial charge on any atom is 0.338 e. The average Bonchev–Trinajstić information content (AvgIpc) is 3.36. The molecule has 0 fully saturated rings. The number of fused-ring (bicyclic) bond motifs is 1. The zero-order chi connectivity index (χ0) is 26.0. The summed E-state index contributed by atoms with van der Waals surface area (Å²) in [4.78, 5) is 44.4. The van der Waals surface area contributed by atoms with Crippen molar-refractivity contribution in [1.82, 2.24) is 4.57 Å². The quantitative estimate of drug-likeness (QED) is 0.345. The van der Waals surface area contributed by atoms with Crippen LogP contribution in [0.15, 0.2) is 50.7 Å². The maximum atomic E-state index is 13.7. The van der Waals surface area contributed by atoms with Crippen LogP contribution in [0.25, 0.3) is 6.08 Å². The van der Waals surface area contributed by atoms with E-state index < -0.39 is 18.0 Å². The summed E-state index contributed by atoms with van der Waals surface area (Å²) in [5.74, 6) is -0.441. The van der Waals surface area contributed by atoms with E-state index in [-0.39, 0.29) is 23.5 Å². The Hall–Kier alpha value is -3.50. The molecule has 10 heteroatoms. The molecular weight excluding hydrogens is 500 g/mol. The molecule has 0 bridgehead atoms. The number of aryl methyl sites for hydroxylation is 1. The van der Waals surface area contributed by atoms with Crippen LogP contribution < -0.4 is 24.4 Å². The molecule has 0 spiro atoms. The second kappa shape index (κ2) is 10.6. The molecule has 0 radical (unpaired) electrons. The molecular formula is C26H26N2O6S2. The van der Waals surface area contributed by atoms with E-state index in [1.54, 1.807) is 43.4 Å². The van der Waals surface area contributed by atoms with Gasteiger partial charge in [-0.2, -0.15) is 0 Å². The molecule has 1 aliphatic rings. The van der Waals surface area contributed by atoms with Crippen LogP contribution in [0, 0.1) is 6.92 Å². The van der Waals surface area contributed by atoms with Gasteiger partial charge < -0.3 is 14.2 Å². The van der Waals surface area contributed by atoms with E-state index in [4.69, 9.17) is 14.2 Å². The lowest BCUT2D eigenvalue weighted by molar-refractivity contribution is -0.139. The molecule has 0 aliphatic carbocycles. The molecule has 3 aromatic rings. The van der Waals surface area contributed by atoms with E-state index in [1.165, 1.54) is 22.8 Å². The molecule has 3 heterocycles. The van der Waals surface area contributed by atoms with Crippen molar-refractivity contribution in [2.75, 3.05) is 13.2 Å². The SMILES string of the molecule is CCOC(=O)C1=C(C)N=c2sc(=Cc3sccc3C)c(=O)n2C1c1ccc(OC(C)=O)c(OCC)c1. The monoisotopic (exact) mass is 526 g/mol. The van der Waals surface area contributed by atoms with Gasteiger partial charge in [-0.3, -0.25) is 14.2 Å². The largest absolute Gasteiger partial charge is 0.490 e. The number of thiazole rings is 1. The van der Waals surface area contributed by atoms with E-state index in [2.05, 4.69) is 4.99 Å². The Balaban J connectivity index is 1.96. The van der Waals surface area contributed by atoms with Crippen molar-refractivity contribution < 1.29 is 23.8 Å². The number of esters is 2. The van der Waals surface area contributed by atoms with Gasteiger partial charge >= 0.3 is 11.9 Å². The fourth-order valence-electron chi connectivity index (χ4n) is 3.96. The second-order valence-electron chi connectivity index (χ2n) is 8.00. The molecule has 188 valence electrons. The highest BCUT2D eigenvalue weighted by Crippen LogP contribution is 2.36. The molecule has 1 atom stereocenters. The molecule has 0 saturated heterocycles. The number of nitrogens with zero attached hydrogens (tertiary/aromatic N) is 2.